The molecule has 0 fully saturated rings. The van der Waals surface area contributed by atoms with Crippen LogP contribution in [-0.4, -0.2) is 14.2 Å². The molecular formula is C15H18N2O. The lowest BCUT2D eigenvalue weighted by Crippen LogP contribution is -2.18. The monoisotopic (exact) mass is 242 g/mol. The van der Waals surface area contributed by atoms with Crippen molar-refractivity contribution in [2.45, 2.75) is 6.04 Å². The molecule has 2 aromatic carbocycles. The van der Waals surface area contributed by atoms with Crippen molar-refractivity contribution in [1.29, 1.82) is 0 Å². The molecule has 0 aliphatic carbocycles. The molecule has 3 nitrogen and oxygen atoms in total. The van der Waals surface area contributed by atoms with Gasteiger partial charge in [-0.05, 0) is 30.8 Å². The van der Waals surface area contributed by atoms with Crippen LogP contribution in [0.3, 0.4) is 0 Å². The van der Waals surface area contributed by atoms with Crippen molar-refractivity contribution in [2.24, 2.45) is 0 Å². The van der Waals surface area contributed by atoms with Gasteiger partial charge in [-0.15, -0.1) is 0 Å². The molecule has 2 rings (SSSR count). The fourth-order valence-electron chi connectivity index (χ4n) is 2.10. The minimum atomic E-state index is 0.0988. The highest BCUT2D eigenvalue weighted by Crippen LogP contribution is 2.29. The minimum absolute atomic E-state index is 0.0988. The third-order valence-electron chi connectivity index (χ3n) is 3.01. The molecule has 2 aromatic rings. The van der Waals surface area contributed by atoms with Gasteiger partial charge in [0.05, 0.1) is 13.2 Å². The number of methoxy groups -OCH3 is 1. The Hall–Kier alpha value is -2.00. The lowest BCUT2D eigenvalue weighted by Gasteiger charge is -2.19. The molecule has 0 saturated heterocycles. The SMILES string of the molecule is CNC(c1ccc(N)cc1)c1ccccc1OC. The number of rotatable bonds is 4. The standard InChI is InChI=1S/C15H18N2O/c1-17-15(11-7-9-12(16)10-8-11)13-5-3-4-6-14(13)18-2/h3-10,15,17H,16H2,1-2H3. The van der Waals surface area contributed by atoms with Gasteiger partial charge in [0.15, 0.2) is 0 Å². The molecule has 1 atom stereocenters. The molecule has 0 spiro atoms. The second-order valence-electron chi connectivity index (χ2n) is 4.13. The number of para-hydroxylation sites is 1. The summed E-state index contributed by atoms with van der Waals surface area (Å²) < 4.78 is 5.41. The van der Waals surface area contributed by atoms with Gasteiger partial charge in [0.1, 0.15) is 5.75 Å². The first-order valence-corrected chi connectivity index (χ1v) is 5.92. The second-order valence-corrected chi connectivity index (χ2v) is 4.13. The Labute approximate surface area is 108 Å². The highest BCUT2D eigenvalue weighted by Gasteiger charge is 2.15. The van der Waals surface area contributed by atoms with Crippen LogP contribution in [0.2, 0.25) is 0 Å². The Morgan fingerprint density at radius 2 is 1.72 bits per heavy atom. The van der Waals surface area contributed by atoms with Crippen molar-refractivity contribution in [3.8, 4) is 5.75 Å². The fraction of sp³-hybridized carbons (Fsp3) is 0.200. The normalized spacial score (nSPS) is 12.1. The van der Waals surface area contributed by atoms with E-state index in [9.17, 15) is 0 Å². The number of hydrogen-bond donors (Lipinski definition) is 2. The fourth-order valence-corrected chi connectivity index (χ4v) is 2.10. The lowest BCUT2D eigenvalue weighted by atomic mass is 9.98. The number of ether oxygens (including phenoxy) is 1. The first-order valence-electron chi connectivity index (χ1n) is 5.92. The van der Waals surface area contributed by atoms with Gasteiger partial charge < -0.3 is 15.8 Å². The topological polar surface area (TPSA) is 47.3 Å². The minimum Gasteiger partial charge on any atom is -0.496 e. The lowest BCUT2D eigenvalue weighted by molar-refractivity contribution is 0.405. The number of anilines is 1. The molecule has 3 heteroatoms. The molecule has 1 unspecified atom stereocenters. The summed E-state index contributed by atoms with van der Waals surface area (Å²) in [5, 5.41) is 3.31. The Kier molecular flexibility index (Phi) is 3.85. The maximum absolute atomic E-state index is 5.72. The highest BCUT2D eigenvalue weighted by molar-refractivity contribution is 5.45. The number of benzene rings is 2. The molecule has 0 heterocycles. The third-order valence-corrected chi connectivity index (χ3v) is 3.01. The molecule has 0 amide bonds. The van der Waals surface area contributed by atoms with E-state index in [1.807, 2.05) is 49.5 Å². The zero-order valence-electron chi connectivity index (χ0n) is 10.7. The first-order chi connectivity index (χ1) is 8.76. The Bertz CT molecular complexity index is 508. The molecule has 94 valence electrons. The van der Waals surface area contributed by atoms with Crippen LogP contribution in [0.5, 0.6) is 5.75 Å². The van der Waals surface area contributed by atoms with Gasteiger partial charge in [0, 0.05) is 11.3 Å². The van der Waals surface area contributed by atoms with Crippen molar-refractivity contribution in [2.75, 3.05) is 19.9 Å². The summed E-state index contributed by atoms with van der Waals surface area (Å²) in [7, 11) is 3.63. The van der Waals surface area contributed by atoms with E-state index in [0.717, 1.165) is 22.6 Å². The summed E-state index contributed by atoms with van der Waals surface area (Å²) in [5.41, 5.74) is 8.77. The van der Waals surface area contributed by atoms with Crippen molar-refractivity contribution in [3.05, 3.63) is 59.7 Å². The van der Waals surface area contributed by atoms with Crippen LogP contribution in [0.4, 0.5) is 5.69 Å². The summed E-state index contributed by atoms with van der Waals surface area (Å²) in [6, 6.07) is 16.0. The molecule has 0 aliphatic heterocycles. The van der Waals surface area contributed by atoms with Crippen LogP contribution in [0.1, 0.15) is 17.2 Å². The summed E-state index contributed by atoms with van der Waals surface area (Å²) in [5.74, 6) is 0.883. The van der Waals surface area contributed by atoms with E-state index >= 15 is 0 Å². The van der Waals surface area contributed by atoms with Crippen LogP contribution < -0.4 is 15.8 Å². The van der Waals surface area contributed by atoms with Crippen LogP contribution >= 0.6 is 0 Å². The Morgan fingerprint density at radius 3 is 2.33 bits per heavy atom. The summed E-state index contributed by atoms with van der Waals surface area (Å²) in [6.07, 6.45) is 0. The van der Waals surface area contributed by atoms with Crippen LogP contribution in [0.15, 0.2) is 48.5 Å². The number of hydrogen-bond acceptors (Lipinski definition) is 3. The van der Waals surface area contributed by atoms with E-state index in [1.54, 1.807) is 7.11 Å². The first kappa shape index (κ1) is 12.5. The van der Waals surface area contributed by atoms with Crippen molar-refractivity contribution in [1.82, 2.24) is 5.32 Å². The third kappa shape index (κ3) is 2.46. The molecular weight excluding hydrogens is 224 g/mol. The zero-order valence-corrected chi connectivity index (χ0v) is 10.7. The summed E-state index contributed by atoms with van der Waals surface area (Å²) in [6.45, 7) is 0. The zero-order chi connectivity index (χ0) is 13.0. The maximum Gasteiger partial charge on any atom is 0.123 e. The molecule has 18 heavy (non-hydrogen) atoms. The van der Waals surface area contributed by atoms with Crippen LogP contribution in [0, 0.1) is 0 Å². The average molecular weight is 242 g/mol. The van der Waals surface area contributed by atoms with Crippen LogP contribution in [0.25, 0.3) is 0 Å². The summed E-state index contributed by atoms with van der Waals surface area (Å²) in [4.78, 5) is 0. The molecule has 3 N–H and O–H groups in total. The predicted octanol–water partition coefficient (Wildman–Crippen LogP) is 2.59. The number of nitrogens with two attached hydrogens (primary N) is 1. The quantitative estimate of drug-likeness (QED) is 0.810. The van der Waals surface area contributed by atoms with E-state index < -0.39 is 0 Å². The van der Waals surface area contributed by atoms with E-state index in [1.165, 1.54) is 0 Å². The van der Waals surface area contributed by atoms with E-state index in [4.69, 9.17) is 10.5 Å². The van der Waals surface area contributed by atoms with E-state index in [2.05, 4.69) is 11.4 Å². The van der Waals surface area contributed by atoms with Crippen molar-refractivity contribution >= 4 is 5.69 Å². The Balaban J connectivity index is 2.41. The summed E-state index contributed by atoms with van der Waals surface area (Å²) >= 11 is 0. The molecule has 0 saturated carbocycles. The predicted molar refractivity (Wildman–Crippen MR) is 74.8 cm³/mol. The van der Waals surface area contributed by atoms with E-state index in [-0.39, 0.29) is 6.04 Å². The molecule has 0 aromatic heterocycles. The van der Waals surface area contributed by atoms with Gasteiger partial charge in [-0.25, -0.2) is 0 Å². The maximum atomic E-state index is 5.72. The van der Waals surface area contributed by atoms with Gasteiger partial charge in [-0.1, -0.05) is 30.3 Å². The number of nitrogen functional groups attached to an aromatic ring is 1. The van der Waals surface area contributed by atoms with Gasteiger partial charge in [-0.2, -0.15) is 0 Å². The van der Waals surface area contributed by atoms with Gasteiger partial charge in [0.25, 0.3) is 0 Å². The molecule has 0 bridgehead atoms. The van der Waals surface area contributed by atoms with Gasteiger partial charge >= 0.3 is 0 Å². The highest BCUT2D eigenvalue weighted by atomic mass is 16.5. The molecule has 0 aliphatic rings. The Morgan fingerprint density at radius 1 is 1.06 bits per heavy atom. The van der Waals surface area contributed by atoms with Crippen molar-refractivity contribution < 1.29 is 4.74 Å². The largest absolute Gasteiger partial charge is 0.496 e. The van der Waals surface area contributed by atoms with Crippen molar-refractivity contribution in [3.63, 3.8) is 0 Å². The average Bonchev–Trinajstić information content (AvgIpc) is 2.42. The smallest absolute Gasteiger partial charge is 0.123 e. The second kappa shape index (κ2) is 5.56. The van der Waals surface area contributed by atoms with Gasteiger partial charge in [-0.3, -0.25) is 0 Å². The molecule has 0 radical (unpaired) electrons. The van der Waals surface area contributed by atoms with Crippen LogP contribution in [-0.2, 0) is 0 Å². The van der Waals surface area contributed by atoms with E-state index in [0.29, 0.717) is 0 Å². The van der Waals surface area contributed by atoms with Gasteiger partial charge in [0.2, 0.25) is 0 Å². The number of nitrogens with one attached hydrogen (secondary N) is 1.